The van der Waals surface area contributed by atoms with E-state index < -0.39 is 53.3 Å². The van der Waals surface area contributed by atoms with Gasteiger partial charge < -0.3 is 4.74 Å². The number of rotatable bonds is 3. The lowest BCUT2D eigenvalue weighted by atomic mass is 10.2. The van der Waals surface area contributed by atoms with Gasteiger partial charge in [-0.3, -0.25) is 5.32 Å². The van der Waals surface area contributed by atoms with Gasteiger partial charge in [-0.05, 0) is 17.7 Å². The molecule has 2 aromatic rings. The summed E-state index contributed by atoms with van der Waals surface area (Å²) in [6.45, 7) is -0.401. The molecule has 3 nitrogen and oxygen atoms in total. The third-order valence-corrected chi connectivity index (χ3v) is 2.72. The van der Waals surface area contributed by atoms with Gasteiger partial charge in [-0.1, -0.05) is 12.1 Å². The molecule has 2 aromatic carbocycles. The summed E-state index contributed by atoms with van der Waals surface area (Å²) in [7, 11) is 0. The molecule has 0 fully saturated rings. The van der Waals surface area contributed by atoms with E-state index >= 15 is 0 Å². The Morgan fingerprint density at radius 1 is 0.826 bits per heavy atom. The van der Waals surface area contributed by atoms with Crippen molar-refractivity contribution in [3.63, 3.8) is 0 Å². The van der Waals surface area contributed by atoms with Gasteiger partial charge in [0.1, 0.15) is 18.1 Å². The van der Waals surface area contributed by atoms with Crippen LogP contribution >= 0.6 is 0 Å². The van der Waals surface area contributed by atoms with Gasteiger partial charge in [0.2, 0.25) is 5.82 Å². The number of anilines is 1. The Labute approximate surface area is 125 Å². The van der Waals surface area contributed by atoms with E-state index in [0.717, 1.165) is 12.1 Å². The fourth-order valence-electron chi connectivity index (χ4n) is 1.58. The van der Waals surface area contributed by atoms with Crippen LogP contribution < -0.4 is 5.32 Å². The average Bonchev–Trinajstić information content (AvgIpc) is 2.54. The summed E-state index contributed by atoms with van der Waals surface area (Å²) in [5.74, 6) is -11.7. The van der Waals surface area contributed by atoms with Crippen molar-refractivity contribution < 1.29 is 35.9 Å². The maximum absolute atomic E-state index is 13.3. The zero-order valence-corrected chi connectivity index (χ0v) is 11.1. The summed E-state index contributed by atoms with van der Waals surface area (Å²) >= 11 is 0. The maximum atomic E-state index is 13.3. The summed E-state index contributed by atoms with van der Waals surface area (Å²) in [4.78, 5) is 11.4. The molecule has 0 atom stereocenters. The van der Waals surface area contributed by atoms with Crippen LogP contribution in [0.5, 0.6) is 0 Å². The first-order valence-corrected chi connectivity index (χ1v) is 6.01. The summed E-state index contributed by atoms with van der Waals surface area (Å²) in [5, 5.41) is 1.44. The van der Waals surface area contributed by atoms with Gasteiger partial charge in [-0.2, -0.15) is 0 Å². The van der Waals surface area contributed by atoms with E-state index in [-0.39, 0.29) is 0 Å². The van der Waals surface area contributed by atoms with Gasteiger partial charge in [0, 0.05) is 0 Å². The lowest BCUT2D eigenvalue weighted by Gasteiger charge is -2.10. The van der Waals surface area contributed by atoms with Crippen molar-refractivity contribution >= 4 is 11.8 Å². The van der Waals surface area contributed by atoms with E-state index in [1.54, 1.807) is 0 Å². The molecule has 0 spiro atoms. The Balaban J connectivity index is 2.10. The first-order chi connectivity index (χ1) is 10.8. The molecule has 0 aromatic heterocycles. The van der Waals surface area contributed by atoms with Gasteiger partial charge in [0.15, 0.2) is 23.3 Å². The first-order valence-electron chi connectivity index (χ1n) is 6.01. The van der Waals surface area contributed by atoms with Gasteiger partial charge >= 0.3 is 6.09 Å². The number of ether oxygens (including phenoxy) is 1. The smallest absolute Gasteiger partial charge is 0.412 e. The predicted octanol–water partition coefficient (Wildman–Crippen LogP) is 4.27. The van der Waals surface area contributed by atoms with E-state index in [0.29, 0.717) is 5.56 Å². The van der Waals surface area contributed by atoms with Gasteiger partial charge in [0.05, 0.1) is 0 Å². The monoisotopic (exact) mass is 335 g/mol. The topological polar surface area (TPSA) is 38.3 Å². The first kappa shape index (κ1) is 16.7. The zero-order chi connectivity index (χ0) is 17.1. The summed E-state index contributed by atoms with van der Waals surface area (Å²) < 4.78 is 82.6. The lowest BCUT2D eigenvalue weighted by molar-refractivity contribution is 0.154. The minimum absolute atomic E-state index is 0.346. The van der Waals surface area contributed by atoms with Crippen LogP contribution in [0.2, 0.25) is 0 Å². The van der Waals surface area contributed by atoms with Crippen molar-refractivity contribution in [2.45, 2.75) is 6.61 Å². The molecule has 0 saturated carbocycles. The van der Waals surface area contributed by atoms with Gasteiger partial charge in [0.25, 0.3) is 0 Å². The number of halogens is 6. The molecule has 0 heterocycles. The summed E-state index contributed by atoms with van der Waals surface area (Å²) in [6, 6.07) is 4.73. The fourth-order valence-corrected chi connectivity index (χ4v) is 1.58. The number of carbonyl (C=O) groups excluding carboxylic acids is 1. The molecule has 0 radical (unpaired) electrons. The van der Waals surface area contributed by atoms with Crippen molar-refractivity contribution in [3.05, 3.63) is 64.7 Å². The minimum atomic E-state index is -2.34. The van der Waals surface area contributed by atoms with Crippen LogP contribution in [-0.4, -0.2) is 6.09 Å². The van der Waals surface area contributed by atoms with Crippen LogP contribution in [0.1, 0.15) is 5.56 Å². The molecule has 0 saturated heterocycles. The van der Waals surface area contributed by atoms with Gasteiger partial charge in [-0.15, -0.1) is 0 Å². The number of benzene rings is 2. The Kier molecular flexibility index (Phi) is 4.77. The highest BCUT2D eigenvalue weighted by Gasteiger charge is 2.27. The van der Waals surface area contributed by atoms with Crippen molar-refractivity contribution in [2.24, 2.45) is 0 Å². The van der Waals surface area contributed by atoms with Crippen molar-refractivity contribution in [1.82, 2.24) is 0 Å². The van der Waals surface area contributed by atoms with Crippen molar-refractivity contribution in [3.8, 4) is 0 Å². The number of nitrogens with one attached hydrogen (secondary N) is 1. The minimum Gasteiger partial charge on any atom is -0.444 e. The molecular formula is C14H7F6NO2. The second-order valence-corrected chi connectivity index (χ2v) is 4.27. The van der Waals surface area contributed by atoms with Crippen molar-refractivity contribution in [1.29, 1.82) is 0 Å². The molecule has 0 unspecified atom stereocenters. The Bertz CT molecular complexity index is 719. The summed E-state index contributed by atoms with van der Waals surface area (Å²) in [5.41, 5.74) is -1.18. The number of amides is 1. The summed E-state index contributed by atoms with van der Waals surface area (Å²) in [6.07, 6.45) is -1.45. The Morgan fingerprint density at radius 2 is 1.30 bits per heavy atom. The highest BCUT2D eigenvalue weighted by molar-refractivity contribution is 5.85. The lowest BCUT2D eigenvalue weighted by Crippen LogP contribution is -2.17. The third-order valence-electron chi connectivity index (χ3n) is 2.72. The Morgan fingerprint density at radius 3 is 1.83 bits per heavy atom. The highest BCUT2D eigenvalue weighted by Crippen LogP contribution is 2.27. The SMILES string of the molecule is O=C(Nc1c(F)c(F)c(F)c(F)c1F)OCc1ccc(F)cc1. The molecule has 0 aliphatic rings. The molecule has 9 heteroatoms. The highest BCUT2D eigenvalue weighted by atomic mass is 19.2. The number of hydrogen-bond donors (Lipinski definition) is 1. The van der Waals surface area contributed by atoms with Crippen LogP contribution in [0, 0.1) is 34.9 Å². The Hall–Kier alpha value is -2.71. The molecular weight excluding hydrogens is 328 g/mol. The van der Waals surface area contributed by atoms with Crippen LogP contribution in [0.25, 0.3) is 0 Å². The predicted molar refractivity (Wildman–Crippen MR) is 66.4 cm³/mol. The van der Waals surface area contributed by atoms with Crippen molar-refractivity contribution in [2.75, 3.05) is 5.32 Å². The molecule has 0 bridgehead atoms. The van der Waals surface area contributed by atoms with E-state index in [4.69, 9.17) is 0 Å². The second-order valence-electron chi connectivity index (χ2n) is 4.27. The molecule has 0 aliphatic heterocycles. The average molecular weight is 335 g/mol. The van der Waals surface area contributed by atoms with Crippen LogP contribution in [0.15, 0.2) is 24.3 Å². The number of carbonyl (C=O) groups is 1. The van der Waals surface area contributed by atoms with E-state index in [1.165, 1.54) is 17.4 Å². The third kappa shape index (κ3) is 3.55. The van der Waals surface area contributed by atoms with Gasteiger partial charge in [-0.25, -0.2) is 31.1 Å². The van der Waals surface area contributed by atoms with Crippen LogP contribution in [0.4, 0.5) is 36.8 Å². The molecule has 122 valence electrons. The second kappa shape index (κ2) is 6.59. The van der Waals surface area contributed by atoms with Crippen LogP contribution in [-0.2, 0) is 11.3 Å². The molecule has 2 rings (SSSR count). The standard InChI is InChI=1S/C14H7F6NO2/c15-7-3-1-6(2-4-7)5-23-14(22)21-13-11(19)9(17)8(16)10(18)12(13)20/h1-4H,5H2,(H,21,22). The normalized spacial score (nSPS) is 10.5. The molecule has 1 amide bonds. The molecule has 23 heavy (non-hydrogen) atoms. The zero-order valence-electron chi connectivity index (χ0n) is 11.1. The fraction of sp³-hybridized carbons (Fsp3) is 0.0714. The maximum Gasteiger partial charge on any atom is 0.412 e. The van der Waals surface area contributed by atoms with E-state index in [2.05, 4.69) is 4.74 Å². The quantitative estimate of drug-likeness (QED) is 0.517. The van der Waals surface area contributed by atoms with E-state index in [1.807, 2.05) is 0 Å². The molecule has 1 N–H and O–H groups in total. The molecule has 0 aliphatic carbocycles. The van der Waals surface area contributed by atoms with Crippen LogP contribution in [0.3, 0.4) is 0 Å². The van der Waals surface area contributed by atoms with E-state index in [9.17, 15) is 31.1 Å². The largest absolute Gasteiger partial charge is 0.444 e. The number of hydrogen-bond acceptors (Lipinski definition) is 2.